The monoisotopic (exact) mass is 466 g/mol. The van der Waals surface area contributed by atoms with E-state index in [1.807, 2.05) is 18.0 Å². The van der Waals surface area contributed by atoms with E-state index in [1.54, 1.807) is 19.5 Å². The van der Waals surface area contributed by atoms with Crippen molar-refractivity contribution in [1.82, 2.24) is 19.9 Å². The number of aromatic nitrogens is 4. The minimum absolute atomic E-state index is 0.00381. The average Bonchev–Trinajstić information content (AvgIpc) is 3.62. The van der Waals surface area contributed by atoms with E-state index >= 15 is 4.39 Å². The molecule has 3 heterocycles. The van der Waals surface area contributed by atoms with Gasteiger partial charge < -0.3 is 19.6 Å². The highest BCUT2D eigenvalue weighted by Crippen LogP contribution is 2.47. The summed E-state index contributed by atoms with van der Waals surface area (Å²) in [5.74, 6) is 1.98. The van der Waals surface area contributed by atoms with Crippen molar-refractivity contribution >= 4 is 22.4 Å². The molecule has 0 bridgehead atoms. The average molecular weight is 467 g/mol. The molecule has 1 aliphatic carbocycles. The number of aliphatic hydroxyl groups excluding tert-OH is 1. The van der Waals surface area contributed by atoms with E-state index in [9.17, 15) is 5.11 Å². The van der Waals surface area contributed by atoms with Gasteiger partial charge in [-0.25, -0.2) is 19.3 Å². The van der Waals surface area contributed by atoms with Gasteiger partial charge in [0.1, 0.15) is 22.9 Å². The first kappa shape index (κ1) is 22.7. The first-order valence-electron chi connectivity index (χ1n) is 11.9. The lowest BCUT2D eigenvalue weighted by molar-refractivity contribution is 0.304. The SMILES string of the molecule is COc1nccnc1C1CCN(c2nc(C3(C)CC3)nc3c(F)cc(N(C)CCO)cc23)CC1. The largest absolute Gasteiger partial charge is 0.480 e. The molecule has 3 aromatic rings. The molecule has 9 heteroatoms. The van der Waals surface area contributed by atoms with Crippen LogP contribution in [0.15, 0.2) is 24.5 Å². The van der Waals surface area contributed by atoms with Gasteiger partial charge in [-0.05, 0) is 37.8 Å². The number of methoxy groups -OCH3 is 1. The Labute approximate surface area is 198 Å². The Bertz CT molecular complexity index is 1190. The van der Waals surface area contributed by atoms with Crippen LogP contribution in [0.3, 0.4) is 0 Å². The summed E-state index contributed by atoms with van der Waals surface area (Å²) in [6, 6.07) is 3.45. The zero-order valence-corrected chi connectivity index (χ0v) is 20.0. The summed E-state index contributed by atoms with van der Waals surface area (Å²) in [4.78, 5) is 22.6. The van der Waals surface area contributed by atoms with Crippen LogP contribution in [0.1, 0.15) is 50.0 Å². The Kier molecular flexibility index (Phi) is 5.97. The van der Waals surface area contributed by atoms with E-state index < -0.39 is 0 Å². The quantitative estimate of drug-likeness (QED) is 0.567. The van der Waals surface area contributed by atoms with Crippen molar-refractivity contribution in [3.8, 4) is 5.88 Å². The van der Waals surface area contributed by atoms with Crippen LogP contribution >= 0.6 is 0 Å². The highest BCUT2D eigenvalue weighted by molar-refractivity contribution is 5.93. The molecule has 2 aliphatic rings. The minimum Gasteiger partial charge on any atom is -0.480 e. The highest BCUT2D eigenvalue weighted by Gasteiger charge is 2.43. The lowest BCUT2D eigenvalue weighted by Gasteiger charge is -2.34. The fraction of sp³-hybridized carbons (Fsp3) is 0.520. The van der Waals surface area contributed by atoms with Gasteiger partial charge in [0.15, 0.2) is 5.82 Å². The Morgan fingerprint density at radius 1 is 1.18 bits per heavy atom. The third-order valence-corrected chi connectivity index (χ3v) is 7.20. The standard InChI is InChI=1S/C25H31FN6O2/c1-25(6-7-25)24-29-21-18(14-17(15-19(21)26)31(2)12-13-33)22(30-24)32-10-4-16(5-11-32)20-23(34-3)28-9-8-27-20/h8-9,14-16,33H,4-7,10-13H2,1-3H3. The van der Waals surface area contributed by atoms with Crippen LogP contribution < -0.4 is 14.5 Å². The molecule has 2 aromatic heterocycles. The Balaban J connectivity index is 1.51. The summed E-state index contributed by atoms with van der Waals surface area (Å²) in [5.41, 5.74) is 1.88. The van der Waals surface area contributed by atoms with Gasteiger partial charge in [0.05, 0.1) is 13.7 Å². The number of likely N-dealkylation sites (N-methyl/N-ethyl adjacent to an activating group) is 1. The van der Waals surface area contributed by atoms with E-state index in [-0.39, 0.29) is 23.8 Å². The van der Waals surface area contributed by atoms with Gasteiger partial charge in [-0.2, -0.15) is 0 Å². The van der Waals surface area contributed by atoms with Gasteiger partial charge in [0.25, 0.3) is 0 Å². The highest BCUT2D eigenvalue weighted by atomic mass is 19.1. The van der Waals surface area contributed by atoms with Crippen LogP contribution in [0.4, 0.5) is 15.9 Å². The van der Waals surface area contributed by atoms with Crippen molar-refractivity contribution in [2.24, 2.45) is 0 Å². The minimum atomic E-state index is -0.356. The normalized spacial score (nSPS) is 17.7. The van der Waals surface area contributed by atoms with Crippen LogP contribution in [0.2, 0.25) is 0 Å². The van der Waals surface area contributed by atoms with Crippen molar-refractivity contribution in [3.05, 3.63) is 41.9 Å². The first-order chi connectivity index (χ1) is 16.4. The van der Waals surface area contributed by atoms with E-state index in [1.165, 1.54) is 6.07 Å². The van der Waals surface area contributed by atoms with Crippen molar-refractivity contribution < 1.29 is 14.2 Å². The Morgan fingerprint density at radius 2 is 1.91 bits per heavy atom. The summed E-state index contributed by atoms with van der Waals surface area (Å²) >= 11 is 0. The molecule has 1 N–H and O–H groups in total. The van der Waals surface area contributed by atoms with Crippen LogP contribution in [0, 0.1) is 5.82 Å². The van der Waals surface area contributed by atoms with Gasteiger partial charge >= 0.3 is 0 Å². The molecule has 34 heavy (non-hydrogen) atoms. The third-order valence-electron chi connectivity index (χ3n) is 7.20. The number of ether oxygens (including phenoxy) is 1. The molecular weight excluding hydrogens is 435 g/mol. The summed E-state index contributed by atoms with van der Waals surface area (Å²) < 4.78 is 20.7. The fourth-order valence-corrected chi connectivity index (χ4v) is 4.72. The maximum atomic E-state index is 15.3. The van der Waals surface area contributed by atoms with Crippen LogP contribution in [0.25, 0.3) is 10.9 Å². The molecule has 5 rings (SSSR count). The number of halogens is 1. The van der Waals surface area contributed by atoms with Crippen LogP contribution in [-0.2, 0) is 5.41 Å². The lowest BCUT2D eigenvalue weighted by atomic mass is 9.93. The van der Waals surface area contributed by atoms with Gasteiger partial charge in [0, 0.05) is 61.5 Å². The number of benzene rings is 1. The van der Waals surface area contributed by atoms with E-state index in [4.69, 9.17) is 9.72 Å². The fourth-order valence-electron chi connectivity index (χ4n) is 4.72. The molecule has 0 atom stereocenters. The molecule has 1 saturated heterocycles. The number of hydrogen-bond acceptors (Lipinski definition) is 8. The second-order valence-electron chi connectivity index (χ2n) is 9.61. The van der Waals surface area contributed by atoms with Crippen LogP contribution in [-0.4, -0.2) is 65.4 Å². The second-order valence-corrected chi connectivity index (χ2v) is 9.61. The molecule has 1 aliphatic heterocycles. The number of piperidine rings is 1. The summed E-state index contributed by atoms with van der Waals surface area (Å²) in [5, 5.41) is 10.1. The predicted molar refractivity (Wildman–Crippen MR) is 129 cm³/mol. The molecule has 0 amide bonds. The second kappa shape index (κ2) is 8.94. The molecule has 2 fully saturated rings. The van der Waals surface area contributed by atoms with Gasteiger partial charge in [-0.15, -0.1) is 0 Å². The number of nitrogens with zero attached hydrogens (tertiary/aromatic N) is 6. The maximum absolute atomic E-state index is 15.3. The zero-order valence-electron chi connectivity index (χ0n) is 20.0. The lowest BCUT2D eigenvalue weighted by Crippen LogP contribution is -2.34. The summed E-state index contributed by atoms with van der Waals surface area (Å²) in [7, 11) is 3.46. The molecule has 8 nitrogen and oxygen atoms in total. The van der Waals surface area contributed by atoms with Gasteiger partial charge in [0.2, 0.25) is 5.88 Å². The molecule has 0 radical (unpaired) electrons. The number of aliphatic hydroxyl groups is 1. The van der Waals surface area contributed by atoms with Crippen molar-refractivity contribution in [2.75, 3.05) is 50.2 Å². The zero-order chi connectivity index (χ0) is 23.9. The number of anilines is 2. The van der Waals surface area contributed by atoms with Gasteiger partial charge in [-0.1, -0.05) is 6.92 Å². The first-order valence-corrected chi connectivity index (χ1v) is 11.9. The molecule has 1 aromatic carbocycles. The van der Waals surface area contributed by atoms with Crippen molar-refractivity contribution in [1.29, 1.82) is 0 Å². The summed E-state index contributed by atoms with van der Waals surface area (Å²) in [6.07, 6.45) is 7.14. The summed E-state index contributed by atoms with van der Waals surface area (Å²) in [6.45, 7) is 4.10. The molecule has 1 saturated carbocycles. The topological polar surface area (TPSA) is 87.5 Å². The third kappa shape index (κ3) is 4.13. The maximum Gasteiger partial charge on any atom is 0.235 e. The number of fused-ring (bicyclic) bond motifs is 1. The predicted octanol–water partition coefficient (Wildman–Crippen LogP) is 3.43. The van der Waals surface area contributed by atoms with E-state index in [0.29, 0.717) is 29.0 Å². The number of hydrogen-bond donors (Lipinski definition) is 1. The molecule has 0 unspecified atom stereocenters. The molecular formula is C25H31FN6O2. The van der Waals surface area contributed by atoms with E-state index in [2.05, 4.69) is 26.8 Å². The van der Waals surface area contributed by atoms with Crippen molar-refractivity contribution in [2.45, 2.75) is 43.9 Å². The number of rotatable bonds is 7. The smallest absolute Gasteiger partial charge is 0.235 e. The molecule has 180 valence electrons. The van der Waals surface area contributed by atoms with Gasteiger partial charge in [-0.3, -0.25) is 4.98 Å². The van der Waals surface area contributed by atoms with E-state index in [0.717, 1.165) is 56.1 Å². The Morgan fingerprint density at radius 3 is 2.59 bits per heavy atom. The Hall–Kier alpha value is -3.07. The molecule has 0 spiro atoms. The van der Waals surface area contributed by atoms with Crippen molar-refractivity contribution in [3.63, 3.8) is 0 Å². The van der Waals surface area contributed by atoms with Crippen LogP contribution in [0.5, 0.6) is 5.88 Å².